The summed E-state index contributed by atoms with van der Waals surface area (Å²) in [6, 6.07) is 1.16. The van der Waals surface area contributed by atoms with Gasteiger partial charge in [-0.1, -0.05) is 0 Å². The molecule has 0 unspecified atom stereocenters. The Bertz CT molecular complexity index is 355. The van der Waals surface area contributed by atoms with Gasteiger partial charge in [-0.25, -0.2) is 4.98 Å². The van der Waals surface area contributed by atoms with Crippen LogP contribution < -0.4 is 4.74 Å². The zero-order chi connectivity index (χ0) is 11.3. The lowest BCUT2D eigenvalue weighted by atomic mass is 10.2. The van der Waals surface area contributed by atoms with Crippen LogP contribution in [0.25, 0.3) is 0 Å². The fraction of sp³-hybridized carbons (Fsp3) is 0.400. The van der Waals surface area contributed by atoms with Crippen molar-refractivity contribution in [3.8, 4) is 5.75 Å². The Kier molecular flexibility index (Phi) is 4.03. The van der Waals surface area contributed by atoms with Crippen LogP contribution in [0.1, 0.15) is 12.5 Å². The maximum Gasteiger partial charge on any atom is 0.310 e. The summed E-state index contributed by atoms with van der Waals surface area (Å²) in [6.07, 6.45) is 1.22. The molecule has 0 saturated carbocycles. The van der Waals surface area contributed by atoms with Gasteiger partial charge in [-0.3, -0.25) is 4.79 Å². The number of nitrogens with zero attached hydrogens (tertiary/aromatic N) is 1. The molecular formula is C10H12FNO3. The topological polar surface area (TPSA) is 48.4 Å². The van der Waals surface area contributed by atoms with Crippen molar-refractivity contribution < 1.29 is 18.7 Å². The van der Waals surface area contributed by atoms with E-state index in [9.17, 15) is 9.18 Å². The van der Waals surface area contributed by atoms with Crippen molar-refractivity contribution in [3.63, 3.8) is 0 Å². The zero-order valence-corrected chi connectivity index (χ0v) is 8.62. The molecule has 0 aliphatic carbocycles. The van der Waals surface area contributed by atoms with Crippen LogP contribution in [0.15, 0.2) is 12.3 Å². The van der Waals surface area contributed by atoms with E-state index in [0.717, 1.165) is 6.07 Å². The molecule has 0 spiro atoms. The SMILES string of the molecule is CCOC(=O)Cc1cc(F)ncc1OC. The van der Waals surface area contributed by atoms with Crippen LogP contribution in [0.3, 0.4) is 0 Å². The smallest absolute Gasteiger partial charge is 0.310 e. The second-order valence-corrected chi connectivity index (χ2v) is 2.80. The molecule has 0 N–H and O–H groups in total. The van der Waals surface area contributed by atoms with Gasteiger partial charge in [0.25, 0.3) is 0 Å². The Labute approximate surface area is 87.0 Å². The van der Waals surface area contributed by atoms with Gasteiger partial charge in [0.1, 0.15) is 5.75 Å². The fourth-order valence-electron chi connectivity index (χ4n) is 1.14. The van der Waals surface area contributed by atoms with E-state index in [1.54, 1.807) is 6.92 Å². The Morgan fingerprint density at radius 3 is 2.93 bits per heavy atom. The average molecular weight is 213 g/mol. The predicted octanol–water partition coefficient (Wildman–Crippen LogP) is 1.33. The molecule has 5 heteroatoms. The summed E-state index contributed by atoms with van der Waals surface area (Å²) < 4.78 is 22.5. The molecule has 0 fully saturated rings. The number of halogens is 1. The van der Waals surface area contributed by atoms with E-state index in [2.05, 4.69) is 4.98 Å². The van der Waals surface area contributed by atoms with E-state index >= 15 is 0 Å². The lowest BCUT2D eigenvalue weighted by molar-refractivity contribution is -0.142. The summed E-state index contributed by atoms with van der Waals surface area (Å²) in [6.45, 7) is 2.01. The molecule has 0 aliphatic rings. The largest absolute Gasteiger partial charge is 0.495 e. The summed E-state index contributed by atoms with van der Waals surface area (Å²) >= 11 is 0. The average Bonchev–Trinajstić information content (AvgIpc) is 2.18. The number of aromatic nitrogens is 1. The van der Waals surface area contributed by atoms with E-state index in [1.165, 1.54) is 13.3 Å². The van der Waals surface area contributed by atoms with Crippen LogP contribution >= 0.6 is 0 Å². The van der Waals surface area contributed by atoms with Crippen LogP contribution in [-0.4, -0.2) is 24.7 Å². The van der Waals surface area contributed by atoms with Gasteiger partial charge < -0.3 is 9.47 Å². The van der Waals surface area contributed by atoms with Crippen molar-refractivity contribution in [3.05, 3.63) is 23.8 Å². The maximum absolute atomic E-state index is 12.8. The van der Waals surface area contributed by atoms with Gasteiger partial charge in [-0.15, -0.1) is 0 Å². The predicted molar refractivity (Wildman–Crippen MR) is 51.1 cm³/mol. The molecule has 0 aromatic carbocycles. The van der Waals surface area contributed by atoms with Crippen LogP contribution in [0.5, 0.6) is 5.75 Å². The van der Waals surface area contributed by atoms with Gasteiger partial charge in [-0.2, -0.15) is 4.39 Å². The second kappa shape index (κ2) is 5.29. The van der Waals surface area contributed by atoms with Crippen molar-refractivity contribution in [1.29, 1.82) is 0 Å². The van der Waals surface area contributed by atoms with Gasteiger partial charge >= 0.3 is 5.97 Å². The number of methoxy groups -OCH3 is 1. The number of hydrogen-bond donors (Lipinski definition) is 0. The maximum atomic E-state index is 12.8. The Hall–Kier alpha value is -1.65. The first kappa shape index (κ1) is 11.4. The minimum atomic E-state index is -0.643. The molecule has 1 aromatic rings. The number of pyridine rings is 1. The number of ether oxygens (including phenoxy) is 2. The fourth-order valence-corrected chi connectivity index (χ4v) is 1.14. The second-order valence-electron chi connectivity index (χ2n) is 2.80. The highest BCUT2D eigenvalue weighted by atomic mass is 19.1. The highest BCUT2D eigenvalue weighted by Crippen LogP contribution is 2.18. The first-order valence-corrected chi connectivity index (χ1v) is 4.51. The van der Waals surface area contributed by atoms with Crippen molar-refractivity contribution in [2.45, 2.75) is 13.3 Å². The van der Waals surface area contributed by atoms with Gasteiger partial charge in [0.05, 0.1) is 26.3 Å². The van der Waals surface area contributed by atoms with Gasteiger partial charge in [0.15, 0.2) is 0 Å². The molecule has 4 nitrogen and oxygen atoms in total. The molecular weight excluding hydrogens is 201 g/mol. The number of carbonyl (C=O) groups is 1. The van der Waals surface area contributed by atoms with Crippen molar-refractivity contribution in [2.75, 3.05) is 13.7 Å². The lowest BCUT2D eigenvalue weighted by Crippen LogP contribution is -2.09. The third kappa shape index (κ3) is 3.19. The molecule has 1 rings (SSSR count). The molecule has 1 aromatic heterocycles. The third-order valence-electron chi connectivity index (χ3n) is 1.77. The van der Waals surface area contributed by atoms with Gasteiger partial charge in [-0.05, 0) is 6.92 Å². The molecule has 0 radical (unpaired) electrons. The minimum Gasteiger partial charge on any atom is -0.495 e. The Morgan fingerprint density at radius 2 is 2.33 bits per heavy atom. The first-order valence-electron chi connectivity index (χ1n) is 4.51. The summed E-state index contributed by atoms with van der Waals surface area (Å²) in [5.41, 5.74) is 0.434. The molecule has 1 heterocycles. The van der Waals surface area contributed by atoms with E-state index < -0.39 is 11.9 Å². The van der Waals surface area contributed by atoms with Crippen LogP contribution in [0.4, 0.5) is 4.39 Å². The highest BCUT2D eigenvalue weighted by Gasteiger charge is 2.11. The molecule has 0 bridgehead atoms. The summed E-state index contributed by atoms with van der Waals surface area (Å²) in [7, 11) is 1.43. The van der Waals surface area contributed by atoms with Crippen LogP contribution in [0.2, 0.25) is 0 Å². The normalized spacial score (nSPS) is 9.80. The molecule has 0 atom stereocenters. The van der Waals surface area contributed by atoms with Crippen molar-refractivity contribution in [2.24, 2.45) is 0 Å². The third-order valence-corrected chi connectivity index (χ3v) is 1.77. The lowest BCUT2D eigenvalue weighted by Gasteiger charge is -2.07. The molecule has 82 valence electrons. The number of carbonyl (C=O) groups excluding carboxylic acids is 1. The Balaban J connectivity index is 2.82. The number of hydrogen-bond acceptors (Lipinski definition) is 4. The number of rotatable bonds is 4. The zero-order valence-electron chi connectivity index (χ0n) is 8.62. The summed E-state index contributed by atoms with van der Waals surface area (Å²) in [5.74, 6) is -0.680. The molecule has 0 aliphatic heterocycles. The van der Waals surface area contributed by atoms with Gasteiger partial charge in [0.2, 0.25) is 5.95 Å². The standard InChI is InChI=1S/C10H12FNO3/c1-3-15-10(13)5-7-4-9(11)12-6-8(7)14-2/h4,6H,3,5H2,1-2H3. The van der Waals surface area contributed by atoms with E-state index in [-0.39, 0.29) is 6.42 Å². The van der Waals surface area contributed by atoms with Crippen molar-refractivity contribution >= 4 is 5.97 Å². The minimum absolute atomic E-state index is 0.0174. The monoisotopic (exact) mass is 213 g/mol. The van der Waals surface area contributed by atoms with E-state index in [0.29, 0.717) is 17.9 Å². The Morgan fingerprint density at radius 1 is 1.60 bits per heavy atom. The summed E-state index contributed by atoms with van der Waals surface area (Å²) in [5, 5.41) is 0. The van der Waals surface area contributed by atoms with E-state index in [4.69, 9.17) is 9.47 Å². The van der Waals surface area contributed by atoms with Gasteiger partial charge in [0, 0.05) is 11.6 Å². The quantitative estimate of drug-likeness (QED) is 0.559. The first-order chi connectivity index (χ1) is 7.17. The van der Waals surface area contributed by atoms with Crippen LogP contribution in [-0.2, 0) is 16.0 Å². The molecule has 0 saturated heterocycles. The number of esters is 1. The van der Waals surface area contributed by atoms with Crippen molar-refractivity contribution in [1.82, 2.24) is 4.98 Å². The van der Waals surface area contributed by atoms with E-state index in [1.807, 2.05) is 0 Å². The summed E-state index contributed by atoms with van der Waals surface area (Å²) in [4.78, 5) is 14.6. The van der Waals surface area contributed by atoms with Crippen LogP contribution in [0, 0.1) is 5.95 Å². The molecule has 15 heavy (non-hydrogen) atoms. The molecule has 0 amide bonds. The highest BCUT2D eigenvalue weighted by molar-refractivity contribution is 5.73.